The van der Waals surface area contributed by atoms with E-state index in [2.05, 4.69) is 10.1 Å². The number of hydrogen-bond donors (Lipinski definition) is 1. The van der Waals surface area contributed by atoms with Crippen molar-refractivity contribution in [2.24, 2.45) is 0 Å². The number of rotatable bonds is 2. The van der Waals surface area contributed by atoms with Crippen molar-refractivity contribution in [2.75, 3.05) is 5.73 Å². The fourth-order valence-corrected chi connectivity index (χ4v) is 1.83. The Labute approximate surface area is 107 Å². The van der Waals surface area contributed by atoms with E-state index in [1.807, 2.05) is 0 Å². The van der Waals surface area contributed by atoms with Crippen LogP contribution in [0.4, 0.5) is 5.69 Å². The molecule has 0 aliphatic carbocycles. The molecule has 0 atom stereocenters. The number of nitrogens with two attached hydrogens (primary N) is 1. The van der Waals surface area contributed by atoms with Gasteiger partial charge in [0.1, 0.15) is 6.26 Å². The second-order valence-corrected chi connectivity index (χ2v) is 4.14. The van der Waals surface area contributed by atoms with Gasteiger partial charge in [0.2, 0.25) is 5.82 Å². The highest BCUT2D eigenvalue weighted by molar-refractivity contribution is 6.31. The first kappa shape index (κ1) is 10.9. The number of aromatic nitrogens is 2. The molecule has 6 heteroatoms. The number of hydrogen-bond acceptors (Lipinski definition) is 5. The molecule has 18 heavy (non-hydrogen) atoms. The summed E-state index contributed by atoms with van der Waals surface area (Å²) in [4.78, 5) is 4.25. The molecular formula is C12H8ClN3O2. The third kappa shape index (κ3) is 1.96. The van der Waals surface area contributed by atoms with E-state index < -0.39 is 0 Å². The van der Waals surface area contributed by atoms with Gasteiger partial charge in [-0.2, -0.15) is 4.98 Å². The lowest BCUT2D eigenvalue weighted by Crippen LogP contribution is -1.86. The van der Waals surface area contributed by atoms with E-state index in [4.69, 9.17) is 26.3 Å². The molecule has 0 radical (unpaired) electrons. The van der Waals surface area contributed by atoms with Crippen molar-refractivity contribution in [3.8, 4) is 22.8 Å². The predicted molar refractivity (Wildman–Crippen MR) is 66.9 cm³/mol. The van der Waals surface area contributed by atoms with Gasteiger partial charge in [-0.3, -0.25) is 0 Å². The van der Waals surface area contributed by atoms with Crippen LogP contribution in [0.15, 0.2) is 45.7 Å². The van der Waals surface area contributed by atoms with Gasteiger partial charge in [-0.25, -0.2) is 0 Å². The van der Waals surface area contributed by atoms with Crippen molar-refractivity contribution in [1.29, 1.82) is 0 Å². The third-order valence-corrected chi connectivity index (χ3v) is 2.59. The molecule has 0 unspecified atom stereocenters. The zero-order valence-corrected chi connectivity index (χ0v) is 9.89. The van der Waals surface area contributed by atoms with Crippen molar-refractivity contribution in [3.63, 3.8) is 0 Å². The van der Waals surface area contributed by atoms with Crippen LogP contribution < -0.4 is 5.73 Å². The van der Waals surface area contributed by atoms with Crippen LogP contribution in [0.25, 0.3) is 22.8 Å². The highest BCUT2D eigenvalue weighted by Crippen LogP contribution is 2.26. The van der Waals surface area contributed by atoms with E-state index in [1.54, 1.807) is 36.8 Å². The fraction of sp³-hybridized carbons (Fsp3) is 0. The quantitative estimate of drug-likeness (QED) is 0.717. The van der Waals surface area contributed by atoms with Gasteiger partial charge >= 0.3 is 0 Å². The highest BCUT2D eigenvalue weighted by atomic mass is 35.5. The van der Waals surface area contributed by atoms with Crippen molar-refractivity contribution >= 4 is 17.3 Å². The summed E-state index contributed by atoms with van der Waals surface area (Å²) in [6.07, 6.45) is 3.09. The molecule has 2 heterocycles. The van der Waals surface area contributed by atoms with Crippen molar-refractivity contribution in [2.45, 2.75) is 0 Å². The topological polar surface area (TPSA) is 78.1 Å². The molecule has 2 N–H and O–H groups in total. The molecule has 90 valence electrons. The van der Waals surface area contributed by atoms with Crippen molar-refractivity contribution in [3.05, 3.63) is 41.8 Å². The minimum Gasteiger partial charge on any atom is -0.472 e. The minimum atomic E-state index is 0.361. The van der Waals surface area contributed by atoms with E-state index in [9.17, 15) is 0 Å². The Morgan fingerprint density at radius 3 is 2.78 bits per heavy atom. The van der Waals surface area contributed by atoms with Gasteiger partial charge in [0.15, 0.2) is 0 Å². The second-order valence-electron chi connectivity index (χ2n) is 3.71. The van der Waals surface area contributed by atoms with Crippen LogP contribution in [-0.4, -0.2) is 10.1 Å². The van der Waals surface area contributed by atoms with Gasteiger partial charge in [0.05, 0.1) is 11.8 Å². The SMILES string of the molecule is Nc1cc(Cl)cc(-c2nc(-c3ccoc3)no2)c1. The maximum Gasteiger partial charge on any atom is 0.258 e. The Morgan fingerprint density at radius 2 is 2.06 bits per heavy atom. The monoisotopic (exact) mass is 261 g/mol. The van der Waals surface area contributed by atoms with Gasteiger partial charge < -0.3 is 14.7 Å². The summed E-state index contributed by atoms with van der Waals surface area (Å²) in [6.45, 7) is 0. The number of benzene rings is 1. The summed E-state index contributed by atoms with van der Waals surface area (Å²) in [7, 11) is 0. The van der Waals surface area contributed by atoms with Gasteiger partial charge in [0, 0.05) is 16.3 Å². The fourth-order valence-electron chi connectivity index (χ4n) is 1.59. The molecular weight excluding hydrogens is 254 g/mol. The van der Waals surface area contributed by atoms with E-state index in [-0.39, 0.29) is 0 Å². The summed E-state index contributed by atoms with van der Waals surface area (Å²) in [6, 6.07) is 6.84. The Hall–Kier alpha value is -2.27. The number of anilines is 1. The van der Waals surface area contributed by atoms with E-state index in [1.165, 1.54) is 0 Å². The van der Waals surface area contributed by atoms with Crippen LogP contribution in [0.1, 0.15) is 0 Å². The minimum absolute atomic E-state index is 0.361. The van der Waals surface area contributed by atoms with Crippen LogP contribution in [-0.2, 0) is 0 Å². The van der Waals surface area contributed by atoms with E-state index >= 15 is 0 Å². The normalized spacial score (nSPS) is 10.7. The maximum atomic E-state index is 5.92. The molecule has 3 aromatic rings. The second kappa shape index (κ2) is 4.19. The summed E-state index contributed by atoms with van der Waals surface area (Å²) >= 11 is 5.92. The first-order chi connectivity index (χ1) is 8.72. The zero-order valence-electron chi connectivity index (χ0n) is 9.13. The Kier molecular flexibility index (Phi) is 2.53. The molecule has 0 spiro atoms. The predicted octanol–water partition coefficient (Wildman–Crippen LogP) is 3.23. The highest BCUT2D eigenvalue weighted by Gasteiger charge is 2.12. The van der Waals surface area contributed by atoms with Gasteiger partial charge in [0.25, 0.3) is 5.89 Å². The number of nitrogen functional groups attached to an aromatic ring is 1. The molecule has 5 nitrogen and oxygen atoms in total. The summed E-state index contributed by atoms with van der Waals surface area (Å²) < 4.78 is 10.1. The number of nitrogens with zero attached hydrogens (tertiary/aromatic N) is 2. The Morgan fingerprint density at radius 1 is 1.17 bits per heavy atom. The van der Waals surface area contributed by atoms with Gasteiger partial charge in [-0.15, -0.1) is 0 Å². The van der Waals surface area contributed by atoms with E-state index in [0.29, 0.717) is 28.0 Å². The van der Waals surface area contributed by atoms with Crippen LogP contribution in [0, 0.1) is 0 Å². The van der Waals surface area contributed by atoms with Crippen LogP contribution in [0.3, 0.4) is 0 Å². The molecule has 0 aliphatic rings. The molecule has 0 amide bonds. The summed E-state index contributed by atoms with van der Waals surface area (Å²) in [5.41, 5.74) is 7.68. The van der Waals surface area contributed by atoms with Crippen LogP contribution in [0.2, 0.25) is 5.02 Å². The molecule has 0 saturated heterocycles. The van der Waals surface area contributed by atoms with E-state index in [0.717, 1.165) is 5.56 Å². The summed E-state index contributed by atoms with van der Waals surface area (Å²) in [5, 5.41) is 4.39. The molecule has 0 bridgehead atoms. The largest absolute Gasteiger partial charge is 0.472 e. The molecule has 3 rings (SSSR count). The first-order valence-corrected chi connectivity index (χ1v) is 5.53. The van der Waals surface area contributed by atoms with Crippen molar-refractivity contribution < 1.29 is 8.94 Å². The molecule has 1 aromatic carbocycles. The summed E-state index contributed by atoms with van der Waals surface area (Å²) in [5.74, 6) is 0.817. The lowest BCUT2D eigenvalue weighted by molar-refractivity contribution is 0.432. The van der Waals surface area contributed by atoms with Gasteiger partial charge in [-0.1, -0.05) is 16.8 Å². The first-order valence-electron chi connectivity index (χ1n) is 5.15. The molecule has 0 saturated carbocycles. The lowest BCUT2D eigenvalue weighted by Gasteiger charge is -1.98. The zero-order chi connectivity index (χ0) is 12.5. The average Bonchev–Trinajstić information content (AvgIpc) is 2.99. The van der Waals surface area contributed by atoms with Crippen LogP contribution in [0.5, 0.6) is 0 Å². The Balaban J connectivity index is 2.03. The maximum absolute atomic E-state index is 5.92. The molecule has 0 aliphatic heterocycles. The standard InChI is InChI=1S/C12H8ClN3O2/c13-9-3-8(4-10(14)5-9)12-15-11(16-18-12)7-1-2-17-6-7/h1-6H,14H2. The lowest BCUT2D eigenvalue weighted by atomic mass is 10.2. The van der Waals surface area contributed by atoms with Gasteiger partial charge in [-0.05, 0) is 24.3 Å². The Bertz CT molecular complexity index is 656. The smallest absolute Gasteiger partial charge is 0.258 e. The molecule has 0 fully saturated rings. The third-order valence-electron chi connectivity index (χ3n) is 2.37. The van der Waals surface area contributed by atoms with Crippen LogP contribution >= 0.6 is 11.6 Å². The average molecular weight is 262 g/mol. The van der Waals surface area contributed by atoms with Crippen molar-refractivity contribution in [1.82, 2.24) is 10.1 Å². The molecule has 2 aromatic heterocycles. The number of furan rings is 1. The number of halogens is 1.